The molecule has 35 heavy (non-hydrogen) atoms. The number of piperazine rings is 1. The van der Waals surface area contributed by atoms with Gasteiger partial charge in [-0.25, -0.2) is 17.8 Å². The molecule has 180 valence electrons. The Kier molecular flexibility index (Phi) is 6.85. The number of pyridine rings is 1. The number of hydrogen-bond acceptors (Lipinski definition) is 8. The summed E-state index contributed by atoms with van der Waals surface area (Å²) in [6, 6.07) is 13.0. The maximum Gasteiger partial charge on any atom is 0.320 e. The molecule has 4 rings (SSSR count). The molecule has 2 aromatic heterocycles. The molecule has 1 aliphatic rings. The lowest BCUT2D eigenvalue weighted by Gasteiger charge is -2.34. The largest absolute Gasteiger partial charge is 0.594 e. The fourth-order valence-electron chi connectivity index (χ4n) is 3.58. The molecule has 1 aromatic carbocycles. The Morgan fingerprint density at radius 2 is 1.86 bits per heavy atom. The molecular formula is C22H20FN7O4S. The number of nitrogens with one attached hydrogen (secondary N) is 1. The highest BCUT2D eigenvalue weighted by Gasteiger charge is 2.32. The molecule has 1 N–H and O–H groups in total. The molecule has 1 fully saturated rings. The van der Waals surface area contributed by atoms with E-state index in [2.05, 4.69) is 15.4 Å². The van der Waals surface area contributed by atoms with Crippen LogP contribution in [-0.2, 0) is 16.6 Å². The van der Waals surface area contributed by atoms with Crippen LogP contribution in [0.5, 0.6) is 0 Å². The van der Waals surface area contributed by atoms with Gasteiger partial charge in [-0.3, -0.25) is 4.79 Å². The SMILES string of the molecule is N#Cc1ncccc1S(=O)(=O)N1CCN(c2ccc(C(=O)NCc3ccc(F)cc3)[n+]([O-])n2)CC1. The summed E-state index contributed by atoms with van der Waals surface area (Å²) in [5, 5.41) is 28.1. The zero-order valence-corrected chi connectivity index (χ0v) is 19.2. The highest BCUT2D eigenvalue weighted by Crippen LogP contribution is 2.21. The van der Waals surface area contributed by atoms with Crippen LogP contribution >= 0.6 is 0 Å². The molecule has 0 spiro atoms. The molecule has 0 unspecified atom stereocenters. The third-order valence-electron chi connectivity index (χ3n) is 5.45. The van der Waals surface area contributed by atoms with E-state index in [-0.39, 0.29) is 59.7 Å². The standard InChI is InChI=1S/C22H20FN7O4S/c23-17-5-3-16(4-6-17)15-26-22(31)19-7-8-21(27-30(19)32)28-10-12-29(13-11-28)35(33,34)20-2-1-9-25-18(20)14-24/h1-9H,10-13,15H2,(H,26,31). The number of aromatic nitrogens is 3. The molecule has 1 saturated heterocycles. The molecule has 11 nitrogen and oxygen atoms in total. The van der Waals surface area contributed by atoms with Gasteiger partial charge in [-0.2, -0.15) is 9.57 Å². The Morgan fingerprint density at radius 1 is 1.14 bits per heavy atom. The second-order valence-corrected chi connectivity index (χ2v) is 9.52. The van der Waals surface area contributed by atoms with Crippen molar-refractivity contribution in [1.29, 1.82) is 5.26 Å². The Labute approximate surface area is 200 Å². The van der Waals surface area contributed by atoms with Gasteiger partial charge in [-0.1, -0.05) is 12.1 Å². The number of carbonyl (C=O) groups is 1. The van der Waals surface area contributed by atoms with E-state index in [4.69, 9.17) is 0 Å². The quantitative estimate of drug-likeness (QED) is 0.384. The van der Waals surface area contributed by atoms with Crippen molar-refractivity contribution in [1.82, 2.24) is 19.7 Å². The minimum atomic E-state index is -3.91. The van der Waals surface area contributed by atoms with Gasteiger partial charge in [-0.05, 0) is 40.7 Å². The number of rotatable bonds is 6. The van der Waals surface area contributed by atoms with Crippen LogP contribution in [0.15, 0.2) is 59.6 Å². The number of hydrogen-bond donors (Lipinski definition) is 1. The normalized spacial score (nSPS) is 14.3. The van der Waals surface area contributed by atoms with Crippen LogP contribution in [0.4, 0.5) is 10.2 Å². The third kappa shape index (κ3) is 5.18. The first-order valence-corrected chi connectivity index (χ1v) is 12.0. The second-order valence-electron chi connectivity index (χ2n) is 7.61. The van der Waals surface area contributed by atoms with E-state index in [0.29, 0.717) is 11.4 Å². The lowest BCUT2D eigenvalue weighted by molar-refractivity contribution is -0.670. The van der Waals surface area contributed by atoms with Gasteiger partial charge in [0.1, 0.15) is 16.8 Å². The van der Waals surface area contributed by atoms with Gasteiger partial charge in [0.15, 0.2) is 11.5 Å². The summed E-state index contributed by atoms with van der Waals surface area (Å²) in [6.45, 7) is 0.849. The van der Waals surface area contributed by atoms with Gasteiger partial charge < -0.3 is 15.4 Å². The average molecular weight is 498 g/mol. The summed E-state index contributed by atoms with van der Waals surface area (Å²) < 4.78 is 40.1. The predicted molar refractivity (Wildman–Crippen MR) is 121 cm³/mol. The number of halogens is 1. The Bertz CT molecular complexity index is 1390. The Morgan fingerprint density at radius 3 is 2.51 bits per heavy atom. The molecule has 1 aliphatic heterocycles. The summed E-state index contributed by atoms with van der Waals surface area (Å²) in [5.74, 6) is -0.727. The molecule has 1 amide bonds. The van der Waals surface area contributed by atoms with Crippen molar-refractivity contribution in [3.63, 3.8) is 0 Å². The summed E-state index contributed by atoms with van der Waals surface area (Å²) in [4.78, 5) is 18.0. The molecule has 0 aliphatic carbocycles. The van der Waals surface area contributed by atoms with Crippen LogP contribution in [0.25, 0.3) is 0 Å². The van der Waals surface area contributed by atoms with E-state index < -0.39 is 15.9 Å². The van der Waals surface area contributed by atoms with Crippen LogP contribution < -0.4 is 15.1 Å². The fraction of sp³-hybridized carbons (Fsp3) is 0.227. The van der Waals surface area contributed by atoms with E-state index >= 15 is 0 Å². The summed E-state index contributed by atoms with van der Waals surface area (Å²) in [7, 11) is -3.91. The first-order valence-electron chi connectivity index (χ1n) is 10.5. The van der Waals surface area contributed by atoms with Gasteiger partial charge in [0.2, 0.25) is 10.0 Å². The molecule has 0 radical (unpaired) electrons. The Balaban J connectivity index is 1.39. The lowest BCUT2D eigenvalue weighted by Crippen LogP contribution is -2.50. The molecule has 0 saturated carbocycles. The number of amides is 1. The highest BCUT2D eigenvalue weighted by molar-refractivity contribution is 7.89. The minimum Gasteiger partial charge on any atom is -0.594 e. The monoisotopic (exact) mass is 497 g/mol. The Hall–Kier alpha value is -4.15. The maximum absolute atomic E-state index is 13.0. The van der Waals surface area contributed by atoms with E-state index in [1.54, 1.807) is 11.0 Å². The molecule has 3 heterocycles. The molecule has 3 aromatic rings. The summed E-state index contributed by atoms with van der Waals surface area (Å²) in [6.07, 6.45) is 1.35. The lowest BCUT2D eigenvalue weighted by atomic mass is 10.2. The minimum absolute atomic E-state index is 0.113. The smallest absolute Gasteiger partial charge is 0.320 e. The number of nitriles is 1. The second kappa shape index (κ2) is 10.00. The van der Waals surface area contributed by atoms with Crippen LogP contribution in [0, 0.1) is 22.4 Å². The van der Waals surface area contributed by atoms with Gasteiger partial charge in [0.05, 0.1) is 0 Å². The zero-order valence-electron chi connectivity index (χ0n) is 18.3. The third-order valence-corrected chi connectivity index (χ3v) is 7.38. The van der Waals surface area contributed by atoms with Crippen LogP contribution in [0.2, 0.25) is 0 Å². The zero-order chi connectivity index (χ0) is 25.0. The van der Waals surface area contributed by atoms with Gasteiger partial charge in [0, 0.05) is 50.1 Å². The van der Waals surface area contributed by atoms with Crippen molar-refractivity contribution in [2.24, 2.45) is 0 Å². The van der Waals surface area contributed by atoms with Crippen LogP contribution in [0.1, 0.15) is 21.7 Å². The van der Waals surface area contributed by atoms with Crippen molar-refractivity contribution < 1.29 is 22.4 Å². The molecule has 0 atom stereocenters. The number of benzene rings is 1. The summed E-state index contributed by atoms with van der Waals surface area (Å²) >= 11 is 0. The molecule has 13 heteroatoms. The molecular weight excluding hydrogens is 477 g/mol. The average Bonchev–Trinajstić information content (AvgIpc) is 2.88. The van der Waals surface area contributed by atoms with E-state index in [9.17, 15) is 28.1 Å². The van der Waals surface area contributed by atoms with E-state index in [0.717, 1.165) is 0 Å². The number of anilines is 1. The number of sulfonamides is 1. The van der Waals surface area contributed by atoms with Crippen LogP contribution in [-0.4, -0.2) is 54.9 Å². The molecule has 0 bridgehead atoms. The van der Waals surface area contributed by atoms with Crippen molar-refractivity contribution in [3.8, 4) is 6.07 Å². The van der Waals surface area contributed by atoms with E-state index in [1.807, 2.05) is 0 Å². The van der Waals surface area contributed by atoms with Crippen LogP contribution in [0.3, 0.4) is 0 Å². The fourth-order valence-corrected chi connectivity index (χ4v) is 5.10. The summed E-state index contributed by atoms with van der Waals surface area (Å²) in [5.41, 5.74) is 0.290. The predicted octanol–water partition coefficient (Wildman–Crippen LogP) is 0.562. The van der Waals surface area contributed by atoms with Gasteiger partial charge >= 0.3 is 11.6 Å². The van der Waals surface area contributed by atoms with E-state index in [1.165, 1.54) is 59.0 Å². The topological polar surface area (TPSA) is 146 Å². The first kappa shape index (κ1) is 24.0. The highest BCUT2D eigenvalue weighted by atomic mass is 32.2. The van der Waals surface area contributed by atoms with Crippen molar-refractivity contribution in [2.45, 2.75) is 11.4 Å². The van der Waals surface area contributed by atoms with Crippen molar-refractivity contribution in [3.05, 3.63) is 82.7 Å². The number of nitrogens with zero attached hydrogens (tertiary/aromatic N) is 6. The van der Waals surface area contributed by atoms with Crippen molar-refractivity contribution >= 4 is 21.7 Å². The maximum atomic E-state index is 13.0. The first-order chi connectivity index (χ1) is 16.8. The number of carbonyl (C=O) groups excluding carboxylic acids is 1. The van der Waals surface area contributed by atoms with Gasteiger partial charge in [-0.15, -0.1) is 0 Å². The van der Waals surface area contributed by atoms with Crippen molar-refractivity contribution in [2.75, 3.05) is 31.1 Å². The van der Waals surface area contributed by atoms with Gasteiger partial charge in [0.25, 0.3) is 0 Å².